The highest BCUT2D eigenvalue weighted by Gasteiger charge is 2.41. The van der Waals surface area contributed by atoms with E-state index >= 15 is 0 Å². The van der Waals surface area contributed by atoms with Crippen molar-refractivity contribution < 1.29 is 31.5 Å². The Bertz CT molecular complexity index is 1430. The number of alkyl halides is 5. The Kier molecular flexibility index (Phi) is 7.00. The summed E-state index contributed by atoms with van der Waals surface area (Å²) in [7, 11) is 0. The quantitative estimate of drug-likeness (QED) is 0.446. The van der Waals surface area contributed by atoms with E-state index < -0.39 is 25.0 Å². The molecule has 3 aromatic rings. The zero-order valence-electron chi connectivity index (χ0n) is 20.8. The van der Waals surface area contributed by atoms with Gasteiger partial charge in [0.25, 0.3) is 6.43 Å². The minimum Gasteiger partial charge on any atom is -0.488 e. The van der Waals surface area contributed by atoms with Gasteiger partial charge in [-0.2, -0.15) is 18.4 Å². The van der Waals surface area contributed by atoms with Crippen molar-refractivity contribution >= 4 is 22.5 Å². The van der Waals surface area contributed by atoms with Gasteiger partial charge in [-0.3, -0.25) is 9.78 Å². The van der Waals surface area contributed by atoms with Crippen LogP contribution in [0.3, 0.4) is 0 Å². The minimum atomic E-state index is -4.61. The first-order valence-electron chi connectivity index (χ1n) is 12.3. The molecule has 206 valence electrons. The number of hydrogen-bond acceptors (Lipinski definition) is 7. The zero-order chi connectivity index (χ0) is 27.9. The molecule has 2 aliphatic rings. The first-order valence-corrected chi connectivity index (χ1v) is 12.3. The second-order valence-corrected chi connectivity index (χ2v) is 9.68. The monoisotopic (exact) mass is 549 g/mol. The van der Waals surface area contributed by atoms with Gasteiger partial charge in [0.15, 0.2) is 5.82 Å². The largest absolute Gasteiger partial charge is 0.488 e. The molecular formula is C25H24F5N7O2. The average molecular weight is 550 g/mol. The van der Waals surface area contributed by atoms with Gasteiger partial charge in [0.2, 0.25) is 11.7 Å². The summed E-state index contributed by atoms with van der Waals surface area (Å²) in [6.45, 7) is 2.15. The van der Waals surface area contributed by atoms with Gasteiger partial charge in [0.1, 0.15) is 18.4 Å². The lowest BCUT2D eigenvalue weighted by molar-refractivity contribution is -0.148. The number of rotatable bonds is 5. The van der Waals surface area contributed by atoms with E-state index in [0.29, 0.717) is 41.7 Å². The zero-order valence-corrected chi connectivity index (χ0v) is 20.8. The number of ether oxygens (including phenoxy) is 1. The van der Waals surface area contributed by atoms with Crippen LogP contribution >= 0.6 is 0 Å². The molecule has 1 saturated heterocycles. The highest BCUT2D eigenvalue weighted by atomic mass is 19.4. The van der Waals surface area contributed by atoms with Gasteiger partial charge in [0.05, 0.1) is 23.3 Å². The third-order valence-electron chi connectivity index (χ3n) is 7.17. The van der Waals surface area contributed by atoms with E-state index in [-0.39, 0.29) is 49.0 Å². The number of nitrogens with zero attached hydrogens (tertiary/aromatic N) is 7. The normalized spacial score (nSPS) is 19.7. The van der Waals surface area contributed by atoms with Crippen molar-refractivity contribution in [2.45, 2.75) is 39.0 Å². The molecule has 4 heterocycles. The molecule has 0 radical (unpaired) electrons. The highest BCUT2D eigenvalue weighted by molar-refractivity contribution is 5.95. The topological polar surface area (TPSA) is 100 Å². The van der Waals surface area contributed by atoms with Gasteiger partial charge >= 0.3 is 6.18 Å². The standard InChI is InChI=1S/C25H24F5N7O2/c1-14-11-35(22-15(9-31)10-32-19-8-16(2-3-18(19)22)39-13-20(26)27)5-4-17(14)23(38)36-6-7-37-21(12-36)33-34-24(37)25(28,29)30/h2-3,8,10,14,17,20H,4-7,11-13H2,1H3. The van der Waals surface area contributed by atoms with Crippen molar-refractivity contribution in [3.8, 4) is 11.8 Å². The number of nitriles is 1. The van der Waals surface area contributed by atoms with E-state index in [1.165, 1.54) is 11.1 Å². The predicted octanol–water partition coefficient (Wildman–Crippen LogP) is 3.87. The Hall–Kier alpha value is -4.02. The van der Waals surface area contributed by atoms with Gasteiger partial charge in [0, 0.05) is 49.7 Å². The van der Waals surface area contributed by atoms with Crippen molar-refractivity contribution in [2.75, 3.05) is 31.1 Å². The Balaban J connectivity index is 1.32. The summed E-state index contributed by atoms with van der Waals surface area (Å²) in [6.07, 6.45) is -5.33. The molecule has 2 unspecified atom stereocenters. The van der Waals surface area contributed by atoms with E-state index in [4.69, 9.17) is 4.74 Å². The number of piperidine rings is 1. The highest BCUT2D eigenvalue weighted by Crippen LogP contribution is 2.37. The lowest BCUT2D eigenvalue weighted by Gasteiger charge is -2.40. The molecule has 2 atom stereocenters. The SMILES string of the molecule is CC1CN(c2c(C#N)cnc3cc(OCC(F)F)ccc23)CCC1C(=O)N1CCn2c(nnc2C(F)(F)F)C1. The maximum Gasteiger partial charge on any atom is 0.451 e. The van der Waals surface area contributed by atoms with Crippen LogP contribution in [-0.4, -0.2) is 63.2 Å². The summed E-state index contributed by atoms with van der Waals surface area (Å²) in [5, 5.41) is 17.3. The molecule has 0 bridgehead atoms. The Morgan fingerprint density at radius 3 is 2.72 bits per heavy atom. The van der Waals surface area contributed by atoms with Gasteiger partial charge in [-0.1, -0.05) is 6.92 Å². The van der Waals surface area contributed by atoms with Crippen LogP contribution in [0.25, 0.3) is 10.9 Å². The van der Waals surface area contributed by atoms with E-state index in [1.54, 1.807) is 18.2 Å². The minimum absolute atomic E-state index is 0.0340. The number of pyridine rings is 1. The van der Waals surface area contributed by atoms with Crippen LogP contribution in [0.4, 0.5) is 27.6 Å². The summed E-state index contributed by atoms with van der Waals surface area (Å²) in [5.41, 5.74) is 1.47. The number of hydrogen-bond donors (Lipinski definition) is 0. The van der Waals surface area contributed by atoms with Gasteiger partial charge in [-0.05, 0) is 24.5 Å². The van der Waals surface area contributed by atoms with Crippen LogP contribution in [0, 0.1) is 23.2 Å². The lowest BCUT2D eigenvalue weighted by Crippen LogP contribution is -2.49. The van der Waals surface area contributed by atoms with Crippen molar-refractivity contribution in [1.29, 1.82) is 5.26 Å². The fraction of sp³-hybridized carbons (Fsp3) is 0.480. The second kappa shape index (κ2) is 10.3. The van der Waals surface area contributed by atoms with Crippen LogP contribution in [0.2, 0.25) is 0 Å². The third-order valence-corrected chi connectivity index (χ3v) is 7.17. The summed E-state index contributed by atoms with van der Waals surface area (Å²) in [5.74, 6) is -1.34. The maximum atomic E-state index is 13.4. The number of amides is 1. The molecule has 0 aliphatic carbocycles. The van der Waals surface area contributed by atoms with Crippen LogP contribution in [0.1, 0.15) is 30.6 Å². The van der Waals surface area contributed by atoms with E-state index in [1.807, 2.05) is 11.8 Å². The summed E-state index contributed by atoms with van der Waals surface area (Å²) in [6, 6.07) is 6.93. The predicted molar refractivity (Wildman–Crippen MR) is 128 cm³/mol. The molecule has 1 aromatic carbocycles. The molecule has 14 heteroatoms. The molecule has 9 nitrogen and oxygen atoms in total. The van der Waals surface area contributed by atoms with Crippen molar-refractivity contribution in [3.63, 3.8) is 0 Å². The van der Waals surface area contributed by atoms with Crippen LogP contribution in [0.5, 0.6) is 5.75 Å². The maximum absolute atomic E-state index is 13.4. The third kappa shape index (κ3) is 5.17. The fourth-order valence-electron chi connectivity index (χ4n) is 5.34. The van der Waals surface area contributed by atoms with Crippen molar-refractivity contribution in [1.82, 2.24) is 24.6 Å². The molecule has 2 aliphatic heterocycles. The Labute approximate surface area is 219 Å². The fourth-order valence-corrected chi connectivity index (χ4v) is 5.34. The molecule has 39 heavy (non-hydrogen) atoms. The van der Waals surface area contributed by atoms with Gasteiger partial charge in [-0.25, -0.2) is 8.78 Å². The first-order chi connectivity index (χ1) is 18.6. The number of fused-ring (bicyclic) bond motifs is 2. The van der Waals surface area contributed by atoms with Crippen molar-refractivity contribution in [3.05, 3.63) is 41.6 Å². The molecule has 1 amide bonds. The molecule has 0 saturated carbocycles. The number of benzene rings is 1. The number of halogens is 5. The number of carbonyl (C=O) groups is 1. The number of aromatic nitrogens is 4. The van der Waals surface area contributed by atoms with E-state index in [2.05, 4.69) is 21.3 Å². The Morgan fingerprint density at radius 1 is 1.23 bits per heavy atom. The van der Waals surface area contributed by atoms with Crippen LogP contribution in [-0.2, 0) is 24.1 Å². The van der Waals surface area contributed by atoms with Gasteiger partial charge < -0.3 is 19.1 Å². The summed E-state index contributed by atoms with van der Waals surface area (Å²) in [4.78, 5) is 21.2. The van der Waals surface area contributed by atoms with E-state index in [9.17, 15) is 32.0 Å². The first kappa shape index (κ1) is 26.6. The smallest absolute Gasteiger partial charge is 0.451 e. The number of carbonyl (C=O) groups excluding carboxylic acids is 1. The lowest BCUT2D eigenvalue weighted by atomic mass is 9.85. The van der Waals surface area contributed by atoms with E-state index in [0.717, 1.165) is 4.57 Å². The Morgan fingerprint density at radius 2 is 2.03 bits per heavy atom. The summed E-state index contributed by atoms with van der Waals surface area (Å²) < 4.78 is 70.6. The molecule has 5 rings (SSSR count). The molecule has 2 aromatic heterocycles. The molecular weight excluding hydrogens is 525 g/mol. The molecule has 0 spiro atoms. The number of anilines is 1. The van der Waals surface area contributed by atoms with Crippen molar-refractivity contribution in [2.24, 2.45) is 11.8 Å². The van der Waals surface area contributed by atoms with Crippen LogP contribution < -0.4 is 9.64 Å². The summed E-state index contributed by atoms with van der Waals surface area (Å²) >= 11 is 0. The average Bonchev–Trinajstić information content (AvgIpc) is 3.35. The molecule has 0 N–H and O–H groups in total. The van der Waals surface area contributed by atoms with Crippen LogP contribution in [0.15, 0.2) is 24.4 Å². The second-order valence-electron chi connectivity index (χ2n) is 9.68. The molecule has 1 fully saturated rings. The van der Waals surface area contributed by atoms with Gasteiger partial charge in [-0.15, -0.1) is 10.2 Å².